The lowest BCUT2D eigenvalue weighted by Gasteiger charge is -2.56. The van der Waals surface area contributed by atoms with Crippen molar-refractivity contribution in [2.24, 2.45) is 11.3 Å². The topological polar surface area (TPSA) is 32.7 Å². The number of hydrogen-bond donors (Lipinski definition) is 1. The number of nitrogens with zero attached hydrogens (tertiary/aromatic N) is 1. The Bertz CT molecular complexity index is 230. The molecule has 2 fully saturated rings. The van der Waals surface area contributed by atoms with Crippen LogP contribution in [0.2, 0.25) is 0 Å². The van der Waals surface area contributed by atoms with E-state index in [1.165, 1.54) is 19.4 Å². The van der Waals surface area contributed by atoms with Crippen molar-refractivity contribution in [3.8, 4) is 0 Å². The van der Waals surface area contributed by atoms with Crippen molar-refractivity contribution in [1.29, 1.82) is 0 Å². The van der Waals surface area contributed by atoms with Crippen molar-refractivity contribution in [1.82, 2.24) is 4.90 Å². The Hall–Kier alpha value is -0.120. The Labute approximate surface area is 92.4 Å². The van der Waals surface area contributed by atoms with Crippen molar-refractivity contribution in [2.45, 2.75) is 32.3 Å². The van der Waals surface area contributed by atoms with Crippen LogP contribution in [0.5, 0.6) is 0 Å². The molecule has 2 aliphatic rings. The van der Waals surface area contributed by atoms with E-state index in [0.29, 0.717) is 5.92 Å². The summed E-state index contributed by atoms with van der Waals surface area (Å²) < 4.78 is 5.37. The van der Waals surface area contributed by atoms with E-state index in [9.17, 15) is 5.11 Å². The molecule has 1 N–H and O–H groups in total. The predicted molar refractivity (Wildman–Crippen MR) is 59.8 cm³/mol. The molecule has 2 saturated heterocycles. The highest BCUT2D eigenvalue weighted by Gasteiger charge is 2.55. The lowest BCUT2D eigenvalue weighted by molar-refractivity contribution is -0.241. The molecule has 3 nitrogen and oxygen atoms in total. The third-order valence-electron chi connectivity index (χ3n) is 4.34. The van der Waals surface area contributed by atoms with E-state index in [2.05, 4.69) is 11.9 Å². The molecule has 0 radical (unpaired) electrons. The van der Waals surface area contributed by atoms with Crippen molar-refractivity contribution in [2.75, 3.05) is 33.4 Å². The molecule has 1 unspecified atom stereocenters. The van der Waals surface area contributed by atoms with Gasteiger partial charge in [-0.05, 0) is 46.2 Å². The van der Waals surface area contributed by atoms with Crippen molar-refractivity contribution in [3.05, 3.63) is 0 Å². The molecule has 15 heavy (non-hydrogen) atoms. The molecule has 0 saturated carbocycles. The second kappa shape index (κ2) is 3.72. The fourth-order valence-electron chi connectivity index (χ4n) is 3.03. The van der Waals surface area contributed by atoms with Crippen LogP contribution in [-0.4, -0.2) is 49.0 Å². The number of rotatable bonds is 2. The molecule has 0 aromatic carbocycles. The lowest BCUT2D eigenvalue weighted by Crippen LogP contribution is -2.63. The van der Waals surface area contributed by atoms with E-state index in [-0.39, 0.29) is 5.41 Å². The minimum atomic E-state index is -0.617. The highest BCUT2D eigenvalue weighted by molar-refractivity contribution is 5.03. The normalized spacial score (nSPS) is 32.4. The van der Waals surface area contributed by atoms with Crippen LogP contribution in [0, 0.1) is 11.3 Å². The van der Waals surface area contributed by atoms with Crippen LogP contribution >= 0.6 is 0 Å². The van der Waals surface area contributed by atoms with Crippen molar-refractivity contribution in [3.63, 3.8) is 0 Å². The summed E-state index contributed by atoms with van der Waals surface area (Å²) in [5.74, 6) is 0.588. The maximum Gasteiger partial charge on any atom is 0.0695 e. The third kappa shape index (κ3) is 1.81. The van der Waals surface area contributed by atoms with Crippen molar-refractivity contribution >= 4 is 0 Å². The highest BCUT2D eigenvalue weighted by atomic mass is 16.5. The zero-order valence-electron chi connectivity index (χ0n) is 10.1. The van der Waals surface area contributed by atoms with Gasteiger partial charge in [-0.25, -0.2) is 0 Å². The molecule has 2 rings (SSSR count). The Balaban J connectivity index is 2.12. The van der Waals surface area contributed by atoms with Gasteiger partial charge in [0.25, 0.3) is 0 Å². The van der Waals surface area contributed by atoms with E-state index < -0.39 is 5.60 Å². The molecule has 3 heteroatoms. The Morgan fingerprint density at radius 2 is 2.07 bits per heavy atom. The van der Waals surface area contributed by atoms with Gasteiger partial charge in [0, 0.05) is 12.0 Å². The monoisotopic (exact) mass is 213 g/mol. The van der Waals surface area contributed by atoms with Gasteiger partial charge in [0.1, 0.15) is 0 Å². The second-order valence-electron chi connectivity index (χ2n) is 5.81. The lowest BCUT2D eigenvalue weighted by atomic mass is 9.61. The first-order valence-corrected chi connectivity index (χ1v) is 5.94. The molecular weight excluding hydrogens is 190 g/mol. The first-order valence-electron chi connectivity index (χ1n) is 5.94. The fourth-order valence-corrected chi connectivity index (χ4v) is 3.03. The molecule has 2 aliphatic heterocycles. The van der Waals surface area contributed by atoms with Crippen LogP contribution in [0.25, 0.3) is 0 Å². The summed E-state index contributed by atoms with van der Waals surface area (Å²) >= 11 is 0. The van der Waals surface area contributed by atoms with E-state index in [1.807, 2.05) is 13.8 Å². The van der Waals surface area contributed by atoms with E-state index >= 15 is 0 Å². The molecule has 0 amide bonds. The van der Waals surface area contributed by atoms with Gasteiger partial charge in [-0.15, -0.1) is 0 Å². The Kier molecular flexibility index (Phi) is 2.82. The van der Waals surface area contributed by atoms with Crippen LogP contribution in [0.15, 0.2) is 0 Å². The van der Waals surface area contributed by atoms with Gasteiger partial charge in [0.2, 0.25) is 0 Å². The summed E-state index contributed by atoms with van der Waals surface area (Å²) in [4.78, 5) is 2.37. The maximum absolute atomic E-state index is 10.3. The number of hydrogen-bond acceptors (Lipinski definition) is 3. The average molecular weight is 213 g/mol. The van der Waals surface area contributed by atoms with Gasteiger partial charge in [-0.1, -0.05) is 0 Å². The van der Waals surface area contributed by atoms with Crippen molar-refractivity contribution < 1.29 is 9.84 Å². The number of likely N-dealkylation sites (tertiary alicyclic amines) is 1. The second-order valence-corrected chi connectivity index (χ2v) is 5.81. The summed E-state index contributed by atoms with van der Waals surface area (Å²) in [7, 11) is 2.17. The van der Waals surface area contributed by atoms with E-state index in [0.717, 1.165) is 19.8 Å². The minimum Gasteiger partial charge on any atom is -0.390 e. The molecule has 0 bridgehead atoms. The van der Waals surface area contributed by atoms with Gasteiger partial charge in [-0.3, -0.25) is 0 Å². The fraction of sp³-hybridized carbons (Fsp3) is 1.00. The first kappa shape index (κ1) is 11.4. The quantitative estimate of drug-likeness (QED) is 0.746. The Morgan fingerprint density at radius 3 is 2.47 bits per heavy atom. The number of piperidine rings is 1. The molecule has 88 valence electrons. The molecule has 0 aromatic heterocycles. The van der Waals surface area contributed by atoms with Gasteiger partial charge in [-0.2, -0.15) is 0 Å². The largest absolute Gasteiger partial charge is 0.390 e. The predicted octanol–water partition coefficient (Wildman–Crippen LogP) is 1.12. The van der Waals surface area contributed by atoms with Gasteiger partial charge in [0.15, 0.2) is 0 Å². The van der Waals surface area contributed by atoms with E-state index in [1.54, 1.807) is 0 Å². The van der Waals surface area contributed by atoms with Crippen LogP contribution < -0.4 is 0 Å². The zero-order valence-corrected chi connectivity index (χ0v) is 10.1. The number of aliphatic hydroxyl groups is 1. The summed E-state index contributed by atoms with van der Waals surface area (Å²) in [6.07, 6.45) is 2.48. The molecular formula is C12H23NO2. The third-order valence-corrected chi connectivity index (χ3v) is 4.34. The Morgan fingerprint density at radius 1 is 1.40 bits per heavy atom. The van der Waals surface area contributed by atoms with E-state index in [4.69, 9.17) is 4.74 Å². The number of ether oxygens (including phenoxy) is 1. The summed E-state index contributed by atoms with van der Waals surface area (Å²) in [6.45, 7) is 7.63. The molecule has 0 spiro atoms. The van der Waals surface area contributed by atoms with Gasteiger partial charge < -0.3 is 14.7 Å². The summed E-state index contributed by atoms with van der Waals surface area (Å²) in [6, 6.07) is 0. The molecule has 2 heterocycles. The van der Waals surface area contributed by atoms with Crippen LogP contribution in [0.1, 0.15) is 26.7 Å². The molecule has 0 aromatic rings. The first-order chi connectivity index (χ1) is 6.96. The summed E-state index contributed by atoms with van der Waals surface area (Å²) in [5, 5.41) is 10.3. The average Bonchev–Trinajstić information content (AvgIpc) is 1.98. The standard InChI is InChI=1S/C12H23NO2/c1-11(2,14)12(8-15-9-12)10-5-4-6-13(3)7-10/h10,14H,4-9H2,1-3H3. The van der Waals surface area contributed by atoms with Crippen LogP contribution in [0.4, 0.5) is 0 Å². The minimum absolute atomic E-state index is 0.00167. The van der Waals surface area contributed by atoms with Crippen LogP contribution in [-0.2, 0) is 4.74 Å². The molecule has 1 atom stereocenters. The molecule has 0 aliphatic carbocycles. The van der Waals surface area contributed by atoms with Crippen LogP contribution in [0.3, 0.4) is 0 Å². The summed E-state index contributed by atoms with van der Waals surface area (Å²) in [5.41, 5.74) is -0.615. The zero-order chi connectivity index (χ0) is 11.1. The van der Waals surface area contributed by atoms with Gasteiger partial charge >= 0.3 is 0 Å². The smallest absolute Gasteiger partial charge is 0.0695 e. The maximum atomic E-state index is 10.3. The van der Waals surface area contributed by atoms with Gasteiger partial charge in [0.05, 0.1) is 18.8 Å². The SMILES string of the molecule is CN1CCCC(C2(C(C)(C)O)COC2)C1. The highest BCUT2D eigenvalue weighted by Crippen LogP contribution is 2.48.